The van der Waals surface area contributed by atoms with Gasteiger partial charge in [0.25, 0.3) is 0 Å². The van der Waals surface area contributed by atoms with Crippen molar-refractivity contribution in [2.24, 2.45) is 11.3 Å². The van der Waals surface area contributed by atoms with Crippen molar-refractivity contribution in [3.63, 3.8) is 0 Å². The van der Waals surface area contributed by atoms with Crippen LogP contribution in [0.4, 0.5) is 24.8 Å². The van der Waals surface area contributed by atoms with Crippen LogP contribution in [0, 0.1) is 11.3 Å². The maximum atomic E-state index is 12.5. The van der Waals surface area contributed by atoms with Gasteiger partial charge in [-0.1, -0.05) is 26.8 Å². The lowest BCUT2D eigenvalue weighted by molar-refractivity contribution is -0.274. The quantitative estimate of drug-likeness (QED) is 0.361. The molecule has 186 valence electrons. The van der Waals surface area contributed by atoms with Crippen LogP contribution in [0.3, 0.4) is 0 Å². The molecule has 35 heavy (non-hydrogen) atoms. The Morgan fingerprint density at radius 3 is 2.54 bits per heavy atom. The Balaban J connectivity index is 1.73. The minimum absolute atomic E-state index is 0.150. The van der Waals surface area contributed by atoms with Crippen LogP contribution in [0.25, 0.3) is 17.1 Å². The number of carboxylic acid groups (broad SMARTS) is 1. The van der Waals surface area contributed by atoms with Gasteiger partial charge in [-0.2, -0.15) is 0 Å². The Hall–Kier alpha value is -3.49. The molecule has 0 aliphatic heterocycles. The van der Waals surface area contributed by atoms with E-state index in [4.69, 9.17) is 10.1 Å². The molecule has 9 heteroatoms. The molecule has 0 saturated heterocycles. The van der Waals surface area contributed by atoms with E-state index in [1.165, 1.54) is 30.3 Å². The zero-order valence-electron chi connectivity index (χ0n) is 19.8. The number of halogens is 3. The van der Waals surface area contributed by atoms with Gasteiger partial charge >= 0.3 is 12.3 Å². The second-order valence-corrected chi connectivity index (χ2v) is 9.99. The number of nitrogens with zero attached hydrogens (tertiary/aromatic N) is 2. The minimum atomic E-state index is -4.75. The van der Waals surface area contributed by atoms with E-state index in [0.29, 0.717) is 28.6 Å². The summed E-state index contributed by atoms with van der Waals surface area (Å²) in [5.41, 5.74) is 3.05. The lowest BCUT2D eigenvalue weighted by Crippen LogP contribution is -2.29. The Kier molecular flexibility index (Phi) is 6.53. The highest BCUT2D eigenvalue weighted by molar-refractivity contribution is 5.87. The molecule has 0 bridgehead atoms. The summed E-state index contributed by atoms with van der Waals surface area (Å²) in [5.74, 6) is -0.229. The number of carbonyl (C=O) groups is 1. The van der Waals surface area contributed by atoms with E-state index in [9.17, 15) is 18.0 Å². The number of aromatic nitrogens is 2. The topological polar surface area (TPSA) is 76.4 Å². The molecule has 0 spiro atoms. The van der Waals surface area contributed by atoms with Crippen molar-refractivity contribution in [3.8, 4) is 5.75 Å². The number of hydrogen-bond acceptors (Lipinski definition) is 4. The van der Waals surface area contributed by atoms with Crippen molar-refractivity contribution in [3.05, 3.63) is 54.1 Å². The molecule has 1 unspecified atom stereocenters. The fourth-order valence-electron chi connectivity index (χ4n) is 5.21. The SMILES string of the molecule is C[C@H]1CC(n2c(Nc3ccc(OC(F)(F)F)cc3)nc3cc(/C=C/C(=O)O)ccc32)CC(C)(C)C1. The Morgan fingerprint density at radius 2 is 1.91 bits per heavy atom. The van der Waals surface area contributed by atoms with Gasteiger partial charge in [-0.15, -0.1) is 13.2 Å². The van der Waals surface area contributed by atoms with Crippen molar-refractivity contribution in [1.29, 1.82) is 0 Å². The second-order valence-electron chi connectivity index (χ2n) is 9.99. The van der Waals surface area contributed by atoms with Crippen molar-refractivity contribution < 1.29 is 27.8 Å². The molecule has 6 nitrogen and oxygen atoms in total. The molecule has 1 saturated carbocycles. The van der Waals surface area contributed by atoms with E-state index in [-0.39, 0.29) is 17.2 Å². The summed E-state index contributed by atoms with van der Waals surface area (Å²) < 4.78 is 43.6. The average Bonchev–Trinajstić information content (AvgIpc) is 3.08. The molecule has 2 atom stereocenters. The number of alkyl halides is 3. The molecule has 1 heterocycles. The molecular weight excluding hydrogens is 459 g/mol. The Bertz CT molecular complexity index is 1250. The number of aliphatic carboxylic acids is 1. The first-order valence-corrected chi connectivity index (χ1v) is 11.4. The van der Waals surface area contributed by atoms with Crippen molar-refractivity contribution in [2.75, 3.05) is 5.32 Å². The van der Waals surface area contributed by atoms with Crippen LogP contribution in [0.2, 0.25) is 0 Å². The molecule has 1 aliphatic rings. The van der Waals surface area contributed by atoms with Crippen LogP contribution >= 0.6 is 0 Å². The predicted octanol–water partition coefficient (Wildman–Crippen LogP) is 7.16. The van der Waals surface area contributed by atoms with Gasteiger partial charge in [0.05, 0.1) is 11.0 Å². The van der Waals surface area contributed by atoms with Crippen LogP contribution in [-0.2, 0) is 4.79 Å². The zero-order chi connectivity index (χ0) is 25.4. The van der Waals surface area contributed by atoms with Gasteiger partial charge in [0.1, 0.15) is 5.75 Å². The molecule has 1 aliphatic carbocycles. The summed E-state index contributed by atoms with van der Waals surface area (Å²) in [6, 6.07) is 11.3. The van der Waals surface area contributed by atoms with Gasteiger partial charge in [0.2, 0.25) is 5.95 Å². The molecule has 0 amide bonds. The summed E-state index contributed by atoms with van der Waals surface area (Å²) in [5, 5.41) is 12.2. The standard InChI is InChI=1S/C26H28F3N3O3/c1-16-12-19(15-25(2,3)14-16)32-22-10-4-17(5-11-23(33)34)13-21(22)31-24(32)30-18-6-8-20(9-7-18)35-26(27,28)29/h4-11,13,16,19H,12,14-15H2,1-3H3,(H,30,31)(H,33,34)/b11-5+/t16-,19?/m0/s1. The number of nitrogens with one attached hydrogen (secondary N) is 1. The molecule has 1 fully saturated rings. The van der Waals surface area contributed by atoms with Crippen molar-refractivity contribution >= 4 is 34.7 Å². The van der Waals surface area contributed by atoms with E-state index in [2.05, 4.69) is 35.4 Å². The fraction of sp³-hybridized carbons (Fsp3) is 0.385. The van der Waals surface area contributed by atoms with Gasteiger partial charge < -0.3 is 19.7 Å². The molecule has 3 aromatic rings. The van der Waals surface area contributed by atoms with E-state index >= 15 is 0 Å². The van der Waals surface area contributed by atoms with Crippen LogP contribution in [0.1, 0.15) is 51.6 Å². The highest BCUT2D eigenvalue weighted by Gasteiger charge is 2.35. The molecule has 1 aromatic heterocycles. The molecule has 2 N–H and O–H groups in total. The summed E-state index contributed by atoms with van der Waals surface area (Å²) in [7, 11) is 0. The van der Waals surface area contributed by atoms with Crippen LogP contribution in [0.5, 0.6) is 5.75 Å². The van der Waals surface area contributed by atoms with Crippen LogP contribution < -0.4 is 10.1 Å². The maximum absolute atomic E-state index is 12.5. The van der Waals surface area contributed by atoms with Crippen molar-refractivity contribution in [2.45, 2.75) is 52.4 Å². The summed E-state index contributed by atoms with van der Waals surface area (Å²) in [6.45, 7) is 6.76. The third-order valence-electron chi connectivity index (χ3n) is 6.20. The number of carboxylic acids is 1. The van der Waals surface area contributed by atoms with E-state index in [1.54, 1.807) is 0 Å². The number of fused-ring (bicyclic) bond motifs is 1. The maximum Gasteiger partial charge on any atom is 0.573 e. The van der Waals surface area contributed by atoms with Crippen LogP contribution in [-0.4, -0.2) is 27.0 Å². The highest BCUT2D eigenvalue weighted by Crippen LogP contribution is 2.46. The number of hydrogen-bond donors (Lipinski definition) is 2. The lowest BCUT2D eigenvalue weighted by Gasteiger charge is -2.40. The van der Waals surface area contributed by atoms with Crippen molar-refractivity contribution in [1.82, 2.24) is 9.55 Å². The second kappa shape index (κ2) is 9.28. The van der Waals surface area contributed by atoms with E-state index in [1.807, 2.05) is 18.2 Å². The predicted molar refractivity (Wildman–Crippen MR) is 129 cm³/mol. The first-order chi connectivity index (χ1) is 16.4. The largest absolute Gasteiger partial charge is 0.573 e. The summed E-state index contributed by atoms with van der Waals surface area (Å²) in [6.07, 6.45) is 0.898. The van der Waals surface area contributed by atoms with Gasteiger partial charge in [-0.05, 0) is 78.6 Å². The first kappa shape index (κ1) is 24.6. The third-order valence-corrected chi connectivity index (χ3v) is 6.20. The highest BCUT2D eigenvalue weighted by atomic mass is 19.4. The number of benzene rings is 2. The van der Waals surface area contributed by atoms with E-state index < -0.39 is 12.3 Å². The summed E-state index contributed by atoms with van der Waals surface area (Å²) >= 11 is 0. The zero-order valence-corrected chi connectivity index (χ0v) is 19.8. The van der Waals surface area contributed by atoms with Gasteiger partial charge in [0, 0.05) is 17.8 Å². The molecular formula is C26H28F3N3O3. The van der Waals surface area contributed by atoms with Gasteiger partial charge in [-0.3, -0.25) is 0 Å². The van der Waals surface area contributed by atoms with Gasteiger partial charge in [0.15, 0.2) is 0 Å². The number of ether oxygens (including phenoxy) is 1. The monoisotopic (exact) mass is 487 g/mol. The normalized spacial score (nSPS) is 20.3. The molecule has 4 rings (SSSR count). The molecule has 2 aromatic carbocycles. The fourth-order valence-corrected chi connectivity index (χ4v) is 5.21. The lowest BCUT2D eigenvalue weighted by atomic mass is 9.70. The minimum Gasteiger partial charge on any atom is -0.478 e. The Morgan fingerprint density at radius 1 is 1.20 bits per heavy atom. The van der Waals surface area contributed by atoms with Gasteiger partial charge in [-0.25, -0.2) is 9.78 Å². The third kappa shape index (κ3) is 6.15. The number of anilines is 2. The smallest absolute Gasteiger partial charge is 0.478 e. The first-order valence-electron chi connectivity index (χ1n) is 11.4. The van der Waals surface area contributed by atoms with Crippen LogP contribution in [0.15, 0.2) is 48.5 Å². The molecule has 0 radical (unpaired) electrons. The number of rotatable bonds is 6. The Labute approximate surface area is 201 Å². The average molecular weight is 488 g/mol. The van der Waals surface area contributed by atoms with E-state index in [0.717, 1.165) is 30.9 Å². The summed E-state index contributed by atoms with van der Waals surface area (Å²) in [4.78, 5) is 15.7. The number of imidazole rings is 1.